The van der Waals surface area contributed by atoms with Crippen LogP contribution in [0.4, 0.5) is 0 Å². The van der Waals surface area contributed by atoms with Crippen molar-refractivity contribution in [2.24, 2.45) is 23.7 Å². The predicted molar refractivity (Wildman–Crippen MR) is 105 cm³/mol. The monoisotopic (exact) mass is 354 g/mol. The highest BCUT2D eigenvalue weighted by atomic mass is 16.5. The van der Waals surface area contributed by atoms with Gasteiger partial charge in [0.25, 0.3) is 0 Å². The topological polar surface area (TPSA) is 26.3 Å². The lowest BCUT2D eigenvalue weighted by molar-refractivity contribution is -0.138. The van der Waals surface area contributed by atoms with Crippen LogP contribution in [0.2, 0.25) is 0 Å². The molecule has 4 saturated carbocycles. The SMILES string of the molecule is CCCCCCC(=O)C1[C@@H]2CC3C[C@H]1CC(c1ccc(OC)cc1)(C3)C2. The normalized spacial score (nSPS) is 34.8. The Bertz CT molecular complexity index is 616. The third-order valence-corrected chi connectivity index (χ3v) is 7.62. The van der Waals surface area contributed by atoms with Crippen LogP contribution in [0, 0.1) is 23.7 Å². The summed E-state index contributed by atoms with van der Waals surface area (Å²) in [5.41, 5.74) is 1.83. The quantitative estimate of drug-likeness (QED) is 0.541. The molecule has 0 saturated heterocycles. The van der Waals surface area contributed by atoms with Crippen LogP contribution >= 0.6 is 0 Å². The van der Waals surface area contributed by atoms with Crippen molar-refractivity contribution in [2.75, 3.05) is 7.11 Å². The van der Waals surface area contributed by atoms with Crippen molar-refractivity contribution in [1.29, 1.82) is 0 Å². The molecular formula is C24H34O2. The van der Waals surface area contributed by atoms with E-state index >= 15 is 0 Å². The number of Topliss-reactive ketones (excluding diaryl/α,β-unsaturated/α-hetero) is 1. The van der Waals surface area contributed by atoms with Crippen LogP contribution in [-0.2, 0) is 10.2 Å². The van der Waals surface area contributed by atoms with Crippen molar-refractivity contribution in [3.05, 3.63) is 29.8 Å². The highest BCUT2D eigenvalue weighted by molar-refractivity contribution is 5.82. The first-order chi connectivity index (χ1) is 12.6. The summed E-state index contributed by atoms with van der Waals surface area (Å²) in [5, 5.41) is 0. The number of ketones is 1. The van der Waals surface area contributed by atoms with E-state index in [0.717, 1.165) is 24.5 Å². The van der Waals surface area contributed by atoms with Gasteiger partial charge in [-0.25, -0.2) is 0 Å². The van der Waals surface area contributed by atoms with Gasteiger partial charge in [0.15, 0.2) is 0 Å². The Hall–Kier alpha value is -1.31. The third kappa shape index (κ3) is 3.21. The molecule has 5 atom stereocenters. The fraction of sp³-hybridized carbons (Fsp3) is 0.708. The standard InChI is InChI=1S/C24H34O2/c1-3-4-5-6-7-22(25)23-18-12-17-13-19(23)16-24(14-17,15-18)20-8-10-21(26-2)11-9-20/h8-11,17-19,23H,3-7,12-16H2,1-2H3/t17?,18-,19+,23?,24?. The molecule has 4 fully saturated rings. The van der Waals surface area contributed by atoms with Crippen molar-refractivity contribution >= 4 is 5.78 Å². The van der Waals surface area contributed by atoms with E-state index < -0.39 is 0 Å². The Balaban J connectivity index is 1.48. The number of rotatable bonds is 8. The predicted octanol–water partition coefficient (Wildman–Crippen LogP) is 5.93. The molecule has 4 aliphatic carbocycles. The number of carbonyl (C=O) groups excluding carboxylic acids is 1. The average Bonchev–Trinajstić information content (AvgIpc) is 2.64. The molecular weight excluding hydrogens is 320 g/mol. The first kappa shape index (κ1) is 18.1. The Morgan fingerprint density at radius 2 is 1.73 bits per heavy atom. The summed E-state index contributed by atoms with van der Waals surface area (Å²) in [5.74, 6) is 4.04. The summed E-state index contributed by atoms with van der Waals surface area (Å²) < 4.78 is 5.35. The Kier molecular flexibility index (Phi) is 5.12. The summed E-state index contributed by atoms with van der Waals surface area (Å²) in [7, 11) is 1.73. The first-order valence-electron chi connectivity index (χ1n) is 10.8. The summed E-state index contributed by atoms with van der Waals surface area (Å²) in [6.45, 7) is 2.23. The van der Waals surface area contributed by atoms with Gasteiger partial charge in [0, 0.05) is 12.3 Å². The number of ether oxygens (including phenoxy) is 1. The molecule has 2 heteroatoms. The molecule has 4 bridgehead atoms. The molecule has 0 spiro atoms. The van der Waals surface area contributed by atoms with Crippen LogP contribution in [0.3, 0.4) is 0 Å². The van der Waals surface area contributed by atoms with E-state index in [1.165, 1.54) is 56.9 Å². The molecule has 142 valence electrons. The van der Waals surface area contributed by atoms with Crippen LogP contribution in [0.1, 0.15) is 76.7 Å². The summed E-state index contributed by atoms with van der Waals surface area (Å²) >= 11 is 0. The van der Waals surface area contributed by atoms with E-state index in [2.05, 4.69) is 31.2 Å². The molecule has 0 aliphatic heterocycles. The van der Waals surface area contributed by atoms with E-state index in [-0.39, 0.29) is 0 Å². The van der Waals surface area contributed by atoms with Gasteiger partial charge in [-0.1, -0.05) is 38.3 Å². The smallest absolute Gasteiger partial charge is 0.136 e. The van der Waals surface area contributed by atoms with Crippen LogP contribution in [0.25, 0.3) is 0 Å². The number of unbranched alkanes of at least 4 members (excludes halogenated alkanes) is 3. The molecule has 5 rings (SSSR count). The lowest BCUT2D eigenvalue weighted by atomic mass is 9.44. The van der Waals surface area contributed by atoms with Gasteiger partial charge >= 0.3 is 0 Å². The Morgan fingerprint density at radius 1 is 1.04 bits per heavy atom. The van der Waals surface area contributed by atoms with Crippen molar-refractivity contribution in [1.82, 2.24) is 0 Å². The van der Waals surface area contributed by atoms with E-state index in [9.17, 15) is 4.79 Å². The van der Waals surface area contributed by atoms with Crippen molar-refractivity contribution in [3.63, 3.8) is 0 Å². The second kappa shape index (κ2) is 7.37. The maximum atomic E-state index is 13.0. The zero-order valence-electron chi connectivity index (χ0n) is 16.5. The van der Waals surface area contributed by atoms with Gasteiger partial charge in [-0.05, 0) is 79.4 Å². The average molecular weight is 355 g/mol. The maximum absolute atomic E-state index is 13.0. The third-order valence-electron chi connectivity index (χ3n) is 7.62. The lowest BCUT2D eigenvalue weighted by Gasteiger charge is -2.60. The number of carbonyl (C=O) groups is 1. The van der Waals surface area contributed by atoms with Crippen molar-refractivity contribution in [2.45, 2.75) is 76.5 Å². The zero-order valence-corrected chi connectivity index (χ0v) is 16.5. The highest BCUT2D eigenvalue weighted by Gasteiger charge is 2.57. The largest absolute Gasteiger partial charge is 0.497 e. The van der Waals surface area contributed by atoms with E-state index in [1.54, 1.807) is 7.11 Å². The zero-order chi connectivity index (χ0) is 18.1. The van der Waals surface area contributed by atoms with Crippen molar-refractivity contribution in [3.8, 4) is 5.75 Å². The Labute approximate surface area is 158 Å². The first-order valence-corrected chi connectivity index (χ1v) is 10.8. The van der Waals surface area contributed by atoms with Gasteiger partial charge in [-0.3, -0.25) is 4.79 Å². The number of hydrogen-bond acceptors (Lipinski definition) is 2. The minimum absolute atomic E-state index is 0.335. The minimum atomic E-state index is 0.335. The minimum Gasteiger partial charge on any atom is -0.497 e. The lowest BCUT2D eigenvalue weighted by Crippen LogP contribution is -2.54. The highest BCUT2D eigenvalue weighted by Crippen LogP contribution is 2.63. The molecule has 1 aromatic rings. The number of methoxy groups -OCH3 is 1. The number of benzene rings is 1. The molecule has 3 unspecified atom stereocenters. The summed E-state index contributed by atoms with van der Waals surface area (Å²) in [6.07, 6.45) is 12.1. The Morgan fingerprint density at radius 3 is 2.35 bits per heavy atom. The van der Waals surface area contributed by atoms with Gasteiger partial charge in [-0.2, -0.15) is 0 Å². The van der Waals surface area contributed by atoms with E-state index in [1.807, 2.05) is 0 Å². The molecule has 2 nitrogen and oxygen atoms in total. The molecule has 4 aliphatic rings. The van der Waals surface area contributed by atoms with E-state index in [0.29, 0.717) is 29.0 Å². The molecule has 0 aromatic heterocycles. The van der Waals surface area contributed by atoms with Gasteiger partial charge < -0.3 is 4.74 Å². The van der Waals surface area contributed by atoms with Crippen LogP contribution in [-0.4, -0.2) is 12.9 Å². The molecule has 0 amide bonds. The summed E-state index contributed by atoms with van der Waals surface area (Å²) in [4.78, 5) is 13.0. The van der Waals surface area contributed by atoms with Crippen molar-refractivity contribution < 1.29 is 9.53 Å². The van der Waals surface area contributed by atoms with Crippen LogP contribution in [0.5, 0.6) is 5.75 Å². The fourth-order valence-corrected chi connectivity index (χ4v) is 6.74. The van der Waals surface area contributed by atoms with Crippen LogP contribution in [0.15, 0.2) is 24.3 Å². The van der Waals surface area contributed by atoms with Gasteiger partial charge in [0.2, 0.25) is 0 Å². The molecule has 0 N–H and O–H groups in total. The molecule has 26 heavy (non-hydrogen) atoms. The number of hydrogen-bond donors (Lipinski definition) is 0. The van der Waals surface area contributed by atoms with Crippen LogP contribution < -0.4 is 4.74 Å². The van der Waals surface area contributed by atoms with E-state index in [4.69, 9.17) is 4.74 Å². The second-order valence-electron chi connectivity index (χ2n) is 9.28. The van der Waals surface area contributed by atoms with Gasteiger partial charge in [0.05, 0.1) is 7.11 Å². The second-order valence-corrected chi connectivity index (χ2v) is 9.28. The molecule has 0 radical (unpaired) electrons. The maximum Gasteiger partial charge on any atom is 0.136 e. The van der Waals surface area contributed by atoms with Gasteiger partial charge in [-0.15, -0.1) is 0 Å². The van der Waals surface area contributed by atoms with Gasteiger partial charge in [0.1, 0.15) is 11.5 Å². The molecule has 1 aromatic carbocycles. The summed E-state index contributed by atoms with van der Waals surface area (Å²) in [6, 6.07) is 8.80. The molecule has 0 heterocycles. The fourth-order valence-electron chi connectivity index (χ4n) is 6.74.